The first kappa shape index (κ1) is 14.4. The average Bonchev–Trinajstić information content (AvgIpc) is 2.44. The van der Waals surface area contributed by atoms with Crippen molar-refractivity contribution in [2.45, 2.75) is 23.8 Å². The Morgan fingerprint density at radius 2 is 2.05 bits per heavy atom. The van der Waals surface area contributed by atoms with E-state index in [9.17, 15) is 4.79 Å². The first-order valence-electron chi connectivity index (χ1n) is 6.10. The molecular formula is C15H16N2O2S. The topological polar surface area (TPSA) is 65.2 Å². The highest BCUT2D eigenvalue weighted by atomic mass is 32.2. The maximum absolute atomic E-state index is 11.6. The molecule has 4 nitrogen and oxygen atoms in total. The first-order valence-corrected chi connectivity index (χ1v) is 6.92. The quantitative estimate of drug-likeness (QED) is 0.878. The minimum absolute atomic E-state index is 0.321. The number of hydrogen-bond acceptors (Lipinski definition) is 5. The lowest BCUT2D eigenvalue weighted by Gasteiger charge is -2.08. The van der Waals surface area contributed by atoms with Crippen molar-refractivity contribution in [3.05, 3.63) is 47.2 Å². The van der Waals surface area contributed by atoms with E-state index in [0.717, 1.165) is 4.90 Å². The fourth-order valence-corrected chi connectivity index (χ4v) is 2.70. The molecule has 0 unspecified atom stereocenters. The molecule has 0 spiro atoms. The van der Waals surface area contributed by atoms with Gasteiger partial charge in [-0.1, -0.05) is 23.9 Å². The van der Waals surface area contributed by atoms with Crippen LogP contribution in [0, 0.1) is 13.8 Å². The summed E-state index contributed by atoms with van der Waals surface area (Å²) < 4.78 is 4.71. The summed E-state index contributed by atoms with van der Waals surface area (Å²) >= 11 is 1.50. The molecule has 1 aromatic heterocycles. The average molecular weight is 288 g/mol. The summed E-state index contributed by atoms with van der Waals surface area (Å²) in [6.45, 7) is 4.08. The third-order valence-corrected chi connectivity index (χ3v) is 3.97. The fraction of sp³-hybridized carbons (Fsp3) is 0.200. The lowest BCUT2D eigenvalue weighted by Crippen LogP contribution is -2.06. The van der Waals surface area contributed by atoms with Gasteiger partial charge in [0.25, 0.3) is 0 Å². The van der Waals surface area contributed by atoms with Gasteiger partial charge in [0.1, 0.15) is 5.03 Å². The number of carbonyl (C=O) groups excluding carboxylic acids is 1. The molecule has 20 heavy (non-hydrogen) atoms. The molecule has 0 amide bonds. The summed E-state index contributed by atoms with van der Waals surface area (Å²) in [5.74, 6) is -0.451. The second kappa shape index (κ2) is 5.96. The van der Waals surface area contributed by atoms with Crippen LogP contribution in [0.15, 0.2) is 40.4 Å². The van der Waals surface area contributed by atoms with E-state index in [1.54, 1.807) is 6.07 Å². The molecule has 0 aliphatic heterocycles. The van der Waals surface area contributed by atoms with Crippen molar-refractivity contribution in [1.82, 2.24) is 4.98 Å². The van der Waals surface area contributed by atoms with Crippen molar-refractivity contribution in [3.63, 3.8) is 0 Å². The van der Waals surface area contributed by atoms with Crippen LogP contribution in [0.25, 0.3) is 0 Å². The van der Waals surface area contributed by atoms with E-state index >= 15 is 0 Å². The van der Waals surface area contributed by atoms with Gasteiger partial charge in [0, 0.05) is 4.90 Å². The molecule has 104 valence electrons. The zero-order chi connectivity index (χ0) is 14.7. The smallest absolute Gasteiger partial charge is 0.340 e. The predicted molar refractivity (Wildman–Crippen MR) is 80.0 cm³/mol. The zero-order valence-electron chi connectivity index (χ0n) is 11.6. The van der Waals surface area contributed by atoms with Crippen LogP contribution in [0.3, 0.4) is 0 Å². The van der Waals surface area contributed by atoms with Crippen molar-refractivity contribution >= 4 is 23.4 Å². The van der Waals surface area contributed by atoms with Crippen LogP contribution in [0.2, 0.25) is 0 Å². The summed E-state index contributed by atoms with van der Waals surface area (Å²) in [6, 6.07) is 7.88. The van der Waals surface area contributed by atoms with Crippen LogP contribution in [-0.2, 0) is 4.74 Å². The van der Waals surface area contributed by atoms with Crippen LogP contribution in [0.1, 0.15) is 21.5 Å². The number of rotatable bonds is 3. The molecule has 0 aliphatic carbocycles. The van der Waals surface area contributed by atoms with Crippen LogP contribution in [0.4, 0.5) is 5.69 Å². The standard InChI is InChI=1S/C15H16N2O2S/c1-9-4-5-10(2)13(6-9)20-14-7-11(15(18)19-3)12(16)8-17-14/h4-8H,16H2,1-3H3. The van der Waals surface area contributed by atoms with Gasteiger partial charge >= 0.3 is 5.97 Å². The minimum Gasteiger partial charge on any atom is -0.465 e. The van der Waals surface area contributed by atoms with Crippen molar-refractivity contribution in [2.75, 3.05) is 12.8 Å². The second-order valence-electron chi connectivity index (χ2n) is 4.47. The number of nitrogen functional groups attached to an aromatic ring is 1. The fourth-order valence-electron chi connectivity index (χ4n) is 1.72. The number of carbonyl (C=O) groups is 1. The third kappa shape index (κ3) is 3.11. The number of methoxy groups -OCH3 is 1. The molecule has 0 aliphatic rings. The third-order valence-electron chi connectivity index (χ3n) is 2.87. The molecule has 1 aromatic carbocycles. The summed E-state index contributed by atoms with van der Waals surface area (Å²) in [5.41, 5.74) is 8.75. The maximum Gasteiger partial charge on any atom is 0.340 e. The van der Waals surface area contributed by atoms with Crippen LogP contribution < -0.4 is 5.73 Å². The number of pyridine rings is 1. The lowest BCUT2D eigenvalue weighted by atomic mass is 10.2. The lowest BCUT2D eigenvalue weighted by molar-refractivity contribution is 0.0601. The summed E-state index contributed by atoms with van der Waals surface area (Å²) in [7, 11) is 1.33. The first-order chi connectivity index (χ1) is 9.51. The molecule has 2 N–H and O–H groups in total. The van der Waals surface area contributed by atoms with Gasteiger partial charge in [0.2, 0.25) is 0 Å². The minimum atomic E-state index is -0.451. The molecule has 5 heteroatoms. The van der Waals surface area contributed by atoms with Gasteiger partial charge in [-0.15, -0.1) is 0 Å². The van der Waals surface area contributed by atoms with E-state index in [0.29, 0.717) is 16.3 Å². The largest absolute Gasteiger partial charge is 0.465 e. The van der Waals surface area contributed by atoms with E-state index in [4.69, 9.17) is 10.5 Å². The van der Waals surface area contributed by atoms with E-state index < -0.39 is 5.97 Å². The Kier molecular flexibility index (Phi) is 4.29. The molecule has 2 aromatic rings. The molecule has 0 radical (unpaired) electrons. The Balaban J connectivity index is 2.34. The van der Waals surface area contributed by atoms with E-state index in [-0.39, 0.29) is 0 Å². The Hall–Kier alpha value is -2.01. The van der Waals surface area contributed by atoms with Crippen molar-refractivity contribution in [3.8, 4) is 0 Å². The predicted octanol–water partition coefficient (Wildman–Crippen LogP) is 3.22. The monoisotopic (exact) mass is 288 g/mol. The number of aromatic nitrogens is 1. The van der Waals surface area contributed by atoms with E-state index in [1.807, 2.05) is 13.8 Å². The van der Waals surface area contributed by atoms with Gasteiger partial charge in [-0.2, -0.15) is 0 Å². The number of benzene rings is 1. The Morgan fingerprint density at radius 3 is 2.75 bits per heavy atom. The summed E-state index contributed by atoms with van der Waals surface area (Å²) in [6.07, 6.45) is 1.49. The molecule has 2 rings (SSSR count). The van der Waals surface area contributed by atoms with Crippen LogP contribution >= 0.6 is 11.8 Å². The molecule has 0 bridgehead atoms. The summed E-state index contributed by atoms with van der Waals surface area (Å²) in [4.78, 5) is 17.0. The SMILES string of the molecule is COC(=O)c1cc(Sc2cc(C)ccc2C)ncc1N. The molecule has 0 saturated heterocycles. The van der Waals surface area contributed by atoms with Gasteiger partial charge in [-0.05, 0) is 37.1 Å². The Bertz CT molecular complexity index is 656. The number of aryl methyl sites for hydroxylation is 2. The summed E-state index contributed by atoms with van der Waals surface area (Å²) in [5, 5.41) is 0.716. The molecule has 0 saturated carbocycles. The molecule has 0 atom stereocenters. The highest BCUT2D eigenvalue weighted by molar-refractivity contribution is 7.99. The Morgan fingerprint density at radius 1 is 1.30 bits per heavy atom. The number of nitrogens with two attached hydrogens (primary N) is 1. The van der Waals surface area contributed by atoms with Crippen LogP contribution in [0.5, 0.6) is 0 Å². The van der Waals surface area contributed by atoms with Gasteiger partial charge in [0.15, 0.2) is 0 Å². The van der Waals surface area contributed by atoms with E-state index in [1.165, 1.54) is 36.2 Å². The number of ether oxygens (including phenoxy) is 1. The number of anilines is 1. The number of nitrogens with zero attached hydrogens (tertiary/aromatic N) is 1. The Labute approximate surface area is 122 Å². The highest BCUT2D eigenvalue weighted by Crippen LogP contribution is 2.31. The van der Waals surface area contributed by atoms with Crippen molar-refractivity contribution in [2.24, 2.45) is 0 Å². The van der Waals surface area contributed by atoms with Crippen molar-refractivity contribution < 1.29 is 9.53 Å². The second-order valence-corrected chi connectivity index (χ2v) is 5.53. The molecule has 1 heterocycles. The normalized spacial score (nSPS) is 10.3. The van der Waals surface area contributed by atoms with Gasteiger partial charge < -0.3 is 10.5 Å². The molecular weight excluding hydrogens is 272 g/mol. The highest BCUT2D eigenvalue weighted by Gasteiger charge is 2.12. The van der Waals surface area contributed by atoms with Gasteiger partial charge in [0.05, 0.1) is 24.6 Å². The van der Waals surface area contributed by atoms with Crippen molar-refractivity contribution in [1.29, 1.82) is 0 Å². The van der Waals surface area contributed by atoms with Gasteiger partial charge in [-0.3, -0.25) is 0 Å². The van der Waals surface area contributed by atoms with Gasteiger partial charge in [-0.25, -0.2) is 9.78 Å². The number of esters is 1. The van der Waals surface area contributed by atoms with E-state index in [2.05, 4.69) is 23.2 Å². The zero-order valence-corrected chi connectivity index (χ0v) is 12.5. The molecule has 0 fully saturated rings. The maximum atomic E-state index is 11.6. The van der Waals surface area contributed by atoms with Crippen LogP contribution in [-0.4, -0.2) is 18.1 Å². The number of hydrogen-bond donors (Lipinski definition) is 1.